The van der Waals surface area contributed by atoms with Gasteiger partial charge in [-0.15, -0.1) is 11.3 Å². The molecule has 1 aromatic carbocycles. The lowest BCUT2D eigenvalue weighted by molar-refractivity contribution is 0.630. The molecule has 0 bridgehead atoms. The van der Waals surface area contributed by atoms with E-state index in [1.54, 1.807) is 11.3 Å². The van der Waals surface area contributed by atoms with Crippen LogP contribution in [0.25, 0.3) is 0 Å². The summed E-state index contributed by atoms with van der Waals surface area (Å²) in [6, 6.07) is 13.1. The van der Waals surface area contributed by atoms with Gasteiger partial charge in [0.25, 0.3) is 0 Å². The molecule has 0 saturated carbocycles. The first-order chi connectivity index (χ1) is 8.33. The first-order valence-electron chi connectivity index (χ1n) is 5.44. The summed E-state index contributed by atoms with van der Waals surface area (Å²) < 4.78 is 1.26. The second kappa shape index (κ2) is 4.78. The van der Waals surface area contributed by atoms with Crippen LogP contribution in [0.3, 0.4) is 0 Å². The summed E-state index contributed by atoms with van der Waals surface area (Å²) in [4.78, 5) is 1.36. The van der Waals surface area contributed by atoms with E-state index >= 15 is 0 Å². The number of hydrazone groups is 1. The van der Waals surface area contributed by atoms with Gasteiger partial charge in [0.2, 0.25) is 0 Å². The van der Waals surface area contributed by atoms with Gasteiger partial charge in [-0.05, 0) is 51.7 Å². The highest BCUT2D eigenvalue weighted by molar-refractivity contribution is 14.1. The van der Waals surface area contributed by atoms with Crippen molar-refractivity contribution in [2.75, 3.05) is 0 Å². The molecule has 2 heterocycles. The van der Waals surface area contributed by atoms with Crippen molar-refractivity contribution in [1.82, 2.24) is 5.43 Å². The van der Waals surface area contributed by atoms with E-state index < -0.39 is 0 Å². The van der Waals surface area contributed by atoms with Crippen molar-refractivity contribution in [3.63, 3.8) is 0 Å². The van der Waals surface area contributed by atoms with E-state index in [-0.39, 0.29) is 0 Å². The molecule has 1 aliphatic heterocycles. The third kappa shape index (κ3) is 2.37. The average Bonchev–Trinajstić information content (AvgIpc) is 3.00. The van der Waals surface area contributed by atoms with Gasteiger partial charge in [0, 0.05) is 14.9 Å². The lowest BCUT2D eigenvalue weighted by Crippen LogP contribution is -2.07. The standard InChI is InChI=1S/C13H11IN2S/c14-10-5-3-9(4-6-10)11-8-12(16-15-11)13-2-1-7-17-13/h1-7,12,16H,8H2. The SMILES string of the molecule is Ic1ccc(C2=NNC(c3cccs3)C2)cc1. The molecule has 1 N–H and O–H groups in total. The molecule has 2 aromatic rings. The van der Waals surface area contributed by atoms with Crippen molar-refractivity contribution in [3.8, 4) is 0 Å². The fraction of sp³-hybridized carbons (Fsp3) is 0.154. The van der Waals surface area contributed by atoms with Crippen LogP contribution in [-0.2, 0) is 0 Å². The third-order valence-corrected chi connectivity index (χ3v) is 4.52. The van der Waals surface area contributed by atoms with E-state index in [4.69, 9.17) is 0 Å². The van der Waals surface area contributed by atoms with Crippen LogP contribution in [0.5, 0.6) is 0 Å². The van der Waals surface area contributed by atoms with Crippen LogP contribution in [-0.4, -0.2) is 5.71 Å². The lowest BCUT2D eigenvalue weighted by atomic mass is 10.0. The largest absolute Gasteiger partial charge is 0.301 e. The summed E-state index contributed by atoms with van der Waals surface area (Å²) in [5.41, 5.74) is 5.59. The van der Waals surface area contributed by atoms with Gasteiger partial charge < -0.3 is 5.43 Å². The van der Waals surface area contributed by atoms with Crippen LogP contribution in [0.15, 0.2) is 46.9 Å². The maximum Gasteiger partial charge on any atom is 0.0838 e. The summed E-state index contributed by atoms with van der Waals surface area (Å²) in [6.07, 6.45) is 0.973. The molecule has 1 aliphatic rings. The van der Waals surface area contributed by atoms with Crippen LogP contribution in [0.2, 0.25) is 0 Å². The molecule has 1 atom stereocenters. The minimum atomic E-state index is 0.351. The molecular formula is C13H11IN2S. The van der Waals surface area contributed by atoms with Gasteiger partial charge in [0.1, 0.15) is 0 Å². The minimum Gasteiger partial charge on any atom is -0.301 e. The van der Waals surface area contributed by atoms with E-state index in [0.717, 1.165) is 12.1 Å². The zero-order valence-electron chi connectivity index (χ0n) is 9.06. The maximum atomic E-state index is 4.44. The zero-order valence-corrected chi connectivity index (χ0v) is 12.0. The molecule has 0 amide bonds. The molecule has 0 saturated heterocycles. The minimum absolute atomic E-state index is 0.351. The molecule has 2 nitrogen and oxygen atoms in total. The van der Waals surface area contributed by atoms with Gasteiger partial charge in [0.15, 0.2) is 0 Å². The van der Waals surface area contributed by atoms with Crippen molar-refractivity contribution >= 4 is 39.6 Å². The highest BCUT2D eigenvalue weighted by atomic mass is 127. The molecule has 0 aliphatic carbocycles. The number of halogens is 1. The molecule has 1 unspecified atom stereocenters. The molecule has 0 fully saturated rings. The van der Waals surface area contributed by atoms with Crippen LogP contribution in [0, 0.1) is 3.57 Å². The lowest BCUT2D eigenvalue weighted by Gasteiger charge is -2.06. The number of rotatable bonds is 2. The normalized spacial score (nSPS) is 18.9. The molecule has 1 aromatic heterocycles. The third-order valence-electron chi connectivity index (χ3n) is 2.82. The van der Waals surface area contributed by atoms with Gasteiger partial charge in [0.05, 0.1) is 11.8 Å². The first-order valence-corrected chi connectivity index (χ1v) is 7.40. The van der Waals surface area contributed by atoms with E-state index in [0.29, 0.717) is 6.04 Å². The van der Waals surface area contributed by atoms with Crippen LogP contribution in [0.4, 0.5) is 0 Å². The molecule has 0 radical (unpaired) electrons. The highest BCUT2D eigenvalue weighted by Gasteiger charge is 2.21. The zero-order chi connectivity index (χ0) is 11.7. The number of nitrogens with one attached hydrogen (secondary N) is 1. The summed E-state index contributed by atoms with van der Waals surface area (Å²) in [6.45, 7) is 0. The van der Waals surface area contributed by atoms with E-state index in [1.807, 2.05) is 0 Å². The molecule has 17 heavy (non-hydrogen) atoms. The van der Waals surface area contributed by atoms with E-state index in [1.165, 1.54) is 14.0 Å². The fourth-order valence-corrected chi connectivity index (χ4v) is 3.05. The Hall–Kier alpha value is -0.880. The van der Waals surface area contributed by atoms with E-state index in [9.17, 15) is 0 Å². The second-order valence-electron chi connectivity index (χ2n) is 3.97. The van der Waals surface area contributed by atoms with Crippen LogP contribution >= 0.6 is 33.9 Å². The first kappa shape index (κ1) is 11.2. The molecule has 86 valence electrons. The summed E-state index contributed by atoms with van der Waals surface area (Å²) in [5.74, 6) is 0. The topological polar surface area (TPSA) is 24.4 Å². The highest BCUT2D eigenvalue weighted by Crippen LogP contribution is 2.27. The smallest absolute Gasteiger partial charge is 0.0838 e. The Labute approximate surface area is 118 Å². The quantitative estimate of drug-likeness (QED) is 0.816. The summed E-state index contributed by atoms with van der Waals surface area (Å²) >= 11 is 4.10. The second-order valence-corrected chi connectivity index (χ2v) is 6.19. The Morgan fingerprint density at radius 1 is 1.24 bits per heavy atom. The van der Waals surface area contributed by atoms with E-state index in [2.05, 4.69) is 74.9 Å². The van der Waals surface area contributed by atoms with Crippen molar-refractivity contribution in [2.24, 2.45) is 5.10 Å². The molecule has 3 rings (SSSR count). The Kier molecular flexibility index (Phi) is 3.15. The Bertz CT molecular complexity index is 531. The summed E-state index contributed by atoms with van der Waals surface area (Å²) in [7, 11) is 0. The average molecular weight is 354 g/mol. The van der Waals surface area contributed by atoms with Crippen LogP contribution in [0.1, 0.15) is 22.9 Å². The van der Waals surface area contributed by atoms with Gasteiger partial charge in [-0.3, -0.25) is 0 Å². The number of hydrogen-bond donors (Lipinski definition) is 1. The number of hydrogen-bond acceptors (Lipinski definition) is 3. The number of benzene rings is 1. The maximum absolute atomic E-state index is 4.44. The Morgan fingerprint density at radius 3 is 2.76 bits per heavy atom. The molecule has 4 heteroatoms. The Balaban J connectivity index is 1.77. The Morgan fingerprint density at radius 2 is 2.06 bits per heavy atom. The van der Waals surface area contributed by atoms with Crippen molar-refractivity contribution in [2.45, 2.75) is 12.5 Å². The number of thiophene rings is 1. The van der Waals surface area contributed by atoms with Gasteiger partial charge >= 0.3 is 0 Å². The monoisotopic (exact) mass is 354 g/mol. The van der Waals surface area contributed by atoms with Crippen molar-refractivity contribution < 1.29 is 0 Å². The fourth-order valence-electron chi connectivity index (χ4n) is 1.92. The van der Waals surface area contributed by atoms with Gasteiger partial charge in [-0.25, -0.2) is 0 Å². The predicted octanol–water partition coefficient (Wildman–Crippen LogP) is 3.79. The summed E-state index contributed by atoms with van der Waals surface area (Å²) in [5, 5.41) is 6.55. The van der Waals surface area contributed by atoms with Crippen molar-refractivity contribution in [1.29, 1.82) is 0 Å². The molecular weight excluding hydrogens is 343 g/mol. The van der Waals surface area contributed by atoms with Gasteiger partial charge in [-0.2, -0.15) is 5.10 Å². The number of nitrogens with zero attached hydrogens (tertiary/aromatic N) is 1. The predicted molar refractivity (Wildman–Crippen MR) is 80.5 cm³/mol. The van der Waals surface area contributed by atoms with Crippen molar-refractivity contribution in [3.05, 3.63) is 55.8 Å². The van der Waals surface area contributed by atoms with Gasteiger partial charge in [-0.1, -0.05) is 18.2 Å². The van der Waals surface area contributed by atoms with Crippen LogP contribution < -0.4 is 5.43 Å². The molecule has 0 spiro atoms.